The third-order valence-electron chi connectivity index (χ3n) is 5.45. The number of aromatic amines is 1. The van der Waals surface area contributed by atoms with Crippen molar-refractivity contribution in [1.82, 2.24) is 29.7 Å². The van der Waals surface area contributed by atoms with E-state index in [1.807, 2.05) is 25.1 Å². The van der Waals surface area contributed by atoms with Crippen molar-refractivity contribution in [3.63, 3.8) is 0 Å². The summed E-state index contributed by atoms with van der Waals surface area (Å²) in [6.07, 6.45) is 4.94. The minimum Gasteiger partial charge on any atom is -0.493 e. The fourth-order valence-corrected chi connectivity index (χ4v) is 4.07. The fraction of sp³-hybridized carbons (Fsp3) is 0.227. The Morgan fingerprint density at radius 3 is 2.97 bits per heavy atom. The molecule has 2 N–H and O–H groups in total. The molecule has 32 heavy (non-hydrogen) atoms. The molecular formula is C22H21N7O3. The van der Waals surface area contributed by atoms with Crippen molar-refractivity contribution in [2.45, 2.75) is 19.3 Å². The summed E-state index contributed by atoms with van der Waals surface area (Å²) in [7, 11) is 1.59. The largest absolute Gasteiger partial charge is 0.493 e. The number of hydrogen-bond donors (Lipinski definition) is 2. The monoisotopic (exact) mass is 431 g/mol. The number of nitrogens with zero attached hydrogens (tertiary/aromatic N) is 5. The van der Waals surface area contributed by atoms with Gasteiger partial charge in [-0.05, 0) is 24.6 Å². The van der Waals surface area contributed by atoms with E-state index >= 15 is 0 Å². The smallest absolute Gasteiger partial charge is 0.226 e. The predicted octanol–water partition coefficient (Wildman–Crippen LogP) is 2.89. The number of aromatic nitrogens is 6. The van der Waals surface area contributed by atoms with Crippen LogP contribution in [0.15, 0.2) is 43.5 Å². The summed E-state index contributed by atoms with van der Waals surface area (Å²) in [4.78, 5) is 28.5. The van der Waals surface area contributed by atoms with E-state index < -0.39 is 0 Å². The third-order valence-corrected chi connectivity index (χ3v) is 5.45. The molecule has 5 rings (SSSR count). The van der Waals surface area contributed by atoms with E-state index in [-0.39, 0.29) is 18.2 Å². The second kappa shape index (κ2) is 7.80. The topological polar surface area (TPSA) is 120 Å². The number of H-pyrrole nitrogens is 1. The van der Waals surface area contributed by atoms with Crippen LogP contribution in [0.1, 0.15) is 29.2 Å². The van der Waals surface area contributed by atoms with Gasteiger partial charge in [-0.3, -0.25) is 4.79 Å². The van der Waals surface area contributed by atoms with Crippen LogP contribution in [-0.4, -0.2) is 49.3 Å². The predicted molar refractivity (Wildman–Crippen MR) is 117 cm³/mol. The Morgan fingerprint density at radius 1 is 1.28 bits per heavy atom. The molecule has 0 unspecified atom stereocenters. The summed E-state index contributed by atoms with van der Waals surface area (Å²) in [5, 5.41) is 7.68. The number of benzene rings is 1. The lowest BCUT2D eigenvalue weighted by atomic mass is 9.85. The van der Waals surface area contributed by atoms with Crippen LogP contribution in [0.5, 0.6) is 11.5 Å². The van der Waals surface area contributed by atoms with Crippen LogP contribution in [0.2, 0.25) is 0 Å². The number of hydrogen-bond acceptors (Lipinski definition) is 7. The molecule has 1 aliphatic rings. The van der Waals surface area contributed by atoms with Gasteiger partial charge in [-0.1, -0.05) is 18.7 Å². The van der Waals surface area contributed by atoms with Crippen LogP contribution < -0.4 is 14.8 Å². The first-order chi connectivity index (χ1) is 15.6. The molecule has 4 aromatic rings. The lowest BCUT2D eigenvalue weighted by molar-refractivity contribution is -0.116. The number of imidazole rings is 1. The second-order valence-electron chi connectivity index (χ2n) is 7.37. The average Bonchev–Trinajstić information content (AvgIpc) is 3.41. The van der Waals surface area contributed by atoms with Gasteiger partial charge in [-0.2, -0.15) is 9.78 Å². The van der Waals surface area contributed by atoms with Crippen molar-refractivity contribution in [2.75, 3.05) is 19.0 Å². The highest BCUT2D eigenvalue weighted by Gasteiger charge is 2.34. The van der Waals surface area contributed by atoms with Gasteiger partial charge >= 0.3 is 0 Å². The maximum atomic E-state index is 12.7. The second-order valence-corrected chi connectivity index (χ2v) is 7.37. The molecule has 162 valence electrons. The van der Waals surface area contributed by atoms with Gasteiger partial charge in [0.05, 0.1) is 19.1 Å². The number of methoxy groups -OCH3 is 1. The van der Waals surface area contributed by atoms with Gasteiger partial charge in [0, 0.05) is 17.9 Å². The molecule has 0 fully saturated rings. The number of rotatable bonds is 6. The van der Waals surface area contributed by atoms with Crippen LogP contribution >= 0.6 is 0 Å². The molecular weight excluding hydrogens is 410 g/mol. The van der Waals surface area contributed by atoms with E-state index in [0.717, 1.165) is 16.8 Å². The Hall–Kier alpha value is -4.21. The number of amides is 1. The minimum absolute atomic E-state index is 0.108. The standard InChI is InChI=1S/C22H21N7O3/c1-4-7-32-16-8-13(5-6-15(16)31-3)14-9-17(30)27-21-18(14)12(2)28-29(21)22-19-20(24-10-23-19)25-11-26-22/h4-6,8,10-11,14H,1,7,9H2,2-3H3,(H,27,30)(H,23,24,25,26)/t14-/m1/s1. The number of carbonyl (C=O) groups is 1. The first kappa shape index (κ1) is 19.7. The van der Waals surface area contributed by atoms with E-state index in [0.29, 0.717) is 40.9 Å². The molecule has 1 amide bonds. The molecule has 0 saturated carbocycles. The Morgan fingerprint density at radius 2 is 2.16 bits per heavy atom. The summed E-state index contributed by atoms with van der Waals surface area (Å²) in [5.41, 5.74) is 3.81. The summed E-state index contributed by atoms with van der Waals surface area (Å²) < 4.78 is 12.8. The van der Waals surface area contributed by atoms with Crippen molar-refractivity contribution in [2.24, 2.45) is 0 Å². The van der Waals surface area contributed by atoms with Crippen molar-refractivity contribution in [1.29, 1.82) is 0 Å². The maximum Gasteiger partial charge on any atom is 0.226 e. The van der Waals surface area contributed by atoms with Gasteiger partial charge in [-0.25, -0.2) is 15.0 Å². The van der Waals surface area contributed by atoms with Gasteiger partial charge in [0.25, 0.3) is 0 Å². The molecule has 1 atom stereocenters. The zero-order valence-corrected chi connectivity index (χ0v) is 17.6. The highest BCUT2D eigenvalue weighted by Crippen LogP contribution is 2.42. The first-order valence-corrected chi connectivity index (χ1v) is 10.1. The van der Waals surface area contributed by atoms with Gasteiger partial charge in [0.15, 0.2) is 23.0 Å². The highest BCUT2D eigenvalue weighted by atomic mass is 16.5. The van der Waals surface area contributed by atoms with E-state index in [2.05, 4.69) is 31.8 Å². The van der Waals surface area contributed by atoms with E-state index in [1.54, 1.807) is 24.2 Å². The van der Waals surface area contributed by atoms with Crippen LogP contribution in [0.4, 0.5) is 5.82 Å². The molecule has 0 bridgehead atoms. The molecule has 10 nitrogen and oxygen atoms in total. The molecule has 0 saturated heterocycles. The van der Waals surface area contributed by atoms with Crippen molar-refractivity contribution >= 4 is 22.9 Å². The lowest BCUT2D eigenvalue weighted by Crippen LogP contribution is -2.25. The van der Waals surface area contributed by atoms with Crippen LogP contribution in [0, 0.1) is 6.92 Å². The molecule has 1 aliphatic heterocycles. The Balaban J connectivity index is 1.64. The molecule has 0 aliphatic carbocycles. The first-order valence-electron chi connectivity index (χ1n) is 10.1. The summed E-state index contributed by atoms with van der Waals surface area (Å²) in [6.45, 7) is 5.97. The molecule has 10 heteroatoms. The van der Waals surface area contributed by atoms with Gasteiger partial charge < -0.3 is 19.8 Å². The van der Waals surface area contributed by atoms with E-state index in [1.165, 1.54) is 6.33 Å². The zero-order chi connectivity index (χ0) is 22.2. The molecule has 3 aromatic heterocycles. The maximum absolute atomic E-state index is 12.7. The van der Waals surface area contributed by atoms with Crippen molar-refractivity contribution < 1.29 is 14.3 Å². The van der Waals surface area contributed by atoms with Crippen LogP contribution in [0.25, 0.3) is 17.0 Å². The summed E-state index contributed by atoms with van der Waals surface area (Å²) >= 11 is 0. The fourth-order valence-electron chi connectivity index (χ4n) is 4.07. The quantitative estimate of drug-likeness (QED) is 0.450. The van der Waals surface area contributed by atoms with Crippen molar-refractivity contribution in [3.05, 3.63) is 60.3 Å². The van der Waals surface area contributed by atoms with Gasteiger partial charge in [0.1, 0.15) is 24.3 Å². The Bertz CT molecular complexity index is 1340. The number of carbonyl (C=O) groups excluding carboxylic acids is 1. The molecule has 0 spiro atoms. The van der Waals surface area contributed by atoms with Crippen LogP contribution in [0.3, 0.4) is 0 Å². The Kier molecular flexibility index (Phi) is 4.81. The molecule has 1 aromatic carbocycles. The summed E-state index contributed by atoms with van der Waals surface area (Å²) in [6, 6.07) is 5.70. The number of aryl methyl sites for hydroxylation is 1. The van der Waals surface area contributed by atoms with Gasteiger partial charge in [-0.15, -0.1) is 0 Å². The average molecular weight is 431 g/mol. The summed E-state index contributed by atoms with van der Waals surface area (Å²) in [5.74, 6) is 2.00. The third kappa shape index (κ3) is 3.16. The number of anilines is 1. The number of ether oxygens (including phenoxy) is 2. The van der Waals surface area contributed by atoms with Gasteiger partial charge in [0.2, 0.25) is 5.91 Å². The zero-order valence-electron chi connectivity index (χ0n) is 17.6. The Labute approximate surface area is 183 Å². The minimum atomic E-state index is -0.205. The lowest BCUT2D eigenvalue weighted by Gasteiger charge is -2.25. The molecule has 0 radical (unpaired) electrons. The normalized spacial score (nSPS) is 15.3. The van der Waals surface area contributed by atoms with E-state index in [9.17, 15) is 4.79 Å². The van der Waals surface area contributed by atoms with E-state index in [4.69, 9.17) is 14.6 Å². The molecule has 4 heterocycles. The SMILES string of the molecule is C=CCOc1cc([C@H]2CC(=O)Nc3c2c(C)nn3-c2ncnc3nc[nH]c23)ccc1OC. The number of fused-ring (bicyclic) bond motifs is 2. The van der Waals surface area contributed by atoms with Crippen LogP contribution in [-0.2, 0) is 4.79 Å². The van der Waals surface area contributed by atoms with Crippen molar-refractivity contribution in [3.8, 4) is 17.3 Å². The number of nitrogens with one attached hydrogen (secondary N) is 2. The highest BCUT2D eigenvalue weighted by molar-refractivity contribution is 5.95.